The standard InChI is InChI=1S/C25H28FN3O2/c26-22-13-11-20(12-14-22)17-27-15-5-10-25(27)19-28(23-7-2-1-3-8-23)18-21-6-4-9-24(16-21)29(30)31/h4-6,9-16,23H,1-3,7-8,17-19H2. The van der Waals surface area contributed by atoms with Crippen molar-refractivity contribution in [1.82, 2.24) is 9.47 Å². The number of halogens is 1. The number of rotatable bonds is 8. The third-order valence-corrected chi connectivity index (χ3v) is 6.15. The summed E-state index contributed by atoms with van der Waals surface area (Å²) < 4.78 is 15.5. The molecule has 0 spiro atoms. The second-order valence-electron chi connectivity index (χ2n) is 8.38. The maximum absolute atomic E-state index is 13.3. The average molecular weight is 422 g/mol. The zero-order valence-electron chi connectivity index (χ0n) is 17.6. The van der Waals surface area contributed by atoms with Crippen LogP contribution in [0.15, 0.2) is 66.9 Å². The molecule has 1 fully saturated rings. The van der Waals surface area contributed by atoms with Gasteiger partial charge in [0.2, 0.25) is 0 Å². The van der Waals surface area contributed by atoms with Crippen LogP contribution in [-0.2, 0) is 19.6 Å². The van der Waals surface area contributed by atoms with Gasteiger partial charge in [0.1, 0.15) is 5.82 Å². The van der Waals surface area contributed by atoms with Gasteiger partial charge in [0.25, 0.3) is 5.69 Å². The van der Waals surface area contributed by atoms with Crippen LogP contribution in [-0.4, -0.2) is 20.4 Å². The molecule has 6 heteroatoms. The van der Waals surface area contributed by atoms with E-state index in [4.69, 9.17) is 0 Å². The highest BCUT2D eigenvalue weighted by Crippen LogP contribution is 2.27. The van der Waals surface area contributed by atoms with Gasteiger partial charge < -0.3 is 4.57 Å². The Labute approximate surface area is 182 Å². The highest BCUT2D eigenvalue weighted by atomic mass is 19.1. The van der Waals surface area contributed by atoms with Gasteiger partial charge in [-0.15, -0.1) is 0 Å². The topological polar surface area (TPSA) is 51.3 Å². The fourth-order valence-corrected chi connectivity index (χ4v) is 4.51. The van der Waals surface area contributed by atoms with Gasteiger partial charge in [-0.2, -0.15) is 0 Å². The van der Waals surface area contributed by atoms with E-state index in [-0.39, 0.29) is 16.4 Å². The Morgan fingerprint density at radius 1 is 0.968 bits per heavy atom. The van der Waals surface area contributed by atoms with Crippen molar-refractivity contribution < 1.29 is 9.31 Å². The predicted molar refractivity (Wildman–Crippen MR) is 119 cm³/mol. The van der Waals surface area contributed by atoms with Gasteiger partial charge >= 0.3 is 0 Å². The lowest BCUT2D eigenvalue weighted by molar-refractivity contribution is -0.384. The zero-order valence-corrected chi connectivity index (χ0v) is 17.6. The monoisotopic (exact) mass is 421 g/mol. The molecule has 1 saturated carbocycles. The summed E-state index contributed by atoms with van der Waals surface area (Å²) in [5, 5.41) is 11.2. The van der Waals surface area contributed by atoms with E-state index in [9.17, 15) is 14.5 Å². The van der Waals surface area contributed by atoms with E-state index in [1.165, 1.54) is 37.1 Å². The van der Waals surface area contributed by atoms with E-state index in [1.54, 1.807) is 18.2 Å². The molecule has 0 bridgehead atoms. The van der Waals surface area contributed by atoms with Crippen molar-refractivity contribution in [2.45, 2.75) is 57.8 Å². The lowest BCUT2D eigenvalue weighted by atomic mass is 9.93. The summed E-state index contributed by atoms with van der Waals surface area (Å²) >= 11 is 0. The van der Waals surface area contributed by atoms with Crippen molar-refractivity contribution in [2.24, 2.45) is 0 Å². The minimum Gasteiger partial charge on any atom is -0.346 e. The molecule has 4 rings (SSSR count). The SMILES string of the molecule is O=[N+]([O-])c1cccc(CN(Cc2cccn2Cc2ccc(F)cc2)C2CCCCC2)c1. The summed E-state index contributed by atoms with van der Waals surface area (Å²) in [7, 11) is 0. The predicted octanol–water partition coefficient (Wildman–Crippen LogP) is 5.92. The molecule has 1 aliphatic carbocycles. The number of nitro benzene ring substituents is 1. The molecular weight excluding hydrogens is 393 g/mol. The first kappa shape index (κ1) is 21.2. The van der Waals surface area contributed by atoms with E-state index in [0.29, 0.717) is 19.1 Å². The molecule has 0 amide bonds. The normalized spacial score (nSPS) is 14.8. The van der Waals surface area contributed by atoms with Crippen LogP contribution >= 0.6 is 0 Å². The molecule has 0 atom stereocenters. The molecule has 2 aromatic carbocycles. The fraction of sp³-hybridized carbons (Fsp3) is 0.360. The van der Waals surface area contributed by atoms with Gasteiger partial charge in [0.05, 0.1) is 4.92 Å². The zero-order chi connectivity index (χ0) is 21.6. The Morgan fingerprint density at radius 2 is 1.74 bits per heavy atom. The van der Waals surface area contributed by atoms with Crippen LogP contribution in [0.5, 0.6) is 0 Å². The second kappa shape index (κ2) is 9.88. The summed E-state index contributed by atoms with van der Waals surface area (Å²) in [5.74, 6) is -0.225. The maximum Gasteiger partial charge on any atom is 0.269 e. The molecule has 0 saturated heterocycles. The Morgan fingerprint density at radius 3 is 2.48 bits per heavy atom. The molecule has 162 valence electrons. The number of aromatic nitrogens is 1. The van der Waals surface area contributed by atoms with Gasteiger partial charge in [-0.3, -0.25) is 15.0 Å². The first-order valence-corrected chi connectivity index (χ1v) is 10.9. The molecule has 0 unspecified atom stereocenters. The average Bonchev–Trinajstić information content (AvgIpc) is 3.22. The van der Waals surface area contributed by atoms with E-state index >= 15 is 0 Å². The maximum atomic E-state index is 13.3. The van der Waals surface area contributed by atoms with E-state index in [0.717, 1.165) is 30.5 Å². The highest BCUT2D eigenvalue weighted by Gasteiger charge is 2.23. The summed E-state index contributed by atoms with van der Waals surface area (Å²) in [4.78, 5) is 13.3. The van der Waals surface area contributed by atoms with E-state index < -0.39 is 0 Å². The van der Waals surface area contributed by atoms with Gasteiger partial charge in [0.15, 0.2) is 0 Å². The molecule has 5 nitrogen and oxygen atoms in total. The van der Waals surface area contributed by atoms with Gasteiger partial charge in [0, 0.05) is 49.7 Å². The summed E-state index contributed by atoms with van der Waals surface area (Å²) in [6, 6.07) is 18.3. The quantitative estimate of drug-likeness (QED) is 0.335. The number of nitro groups is 1. The number of hydrogen-bond donors (Lipinski definition) is 0. The van der Waals surface area contributed by atoms with Crippen LogP contribution in [0, 0.1) is 15.9 Å². The number of non-ortho nitro benzene ring substituents is 1. The second-order valence-corrected chi connectivity index (χ2v) is 8.38. The third-order valence-electron chi connectivity index (χ3n) is 6.15. The smallest absolute Gasteiger partial charge is 0.269 e. The van der Waals surface area contributed by atoms with E-state index in [1.807, 2.05) is 24.3 Å². The first-order valence-electron chi connectivity index (χ1n) is 10.9. The lowest BCUT2D eigenvalue weighted by Gasteiger charge is -2.34. The molecule has 3 aromatic rings. The fourth-order valence-electron chi connectivity index (χ4n) is 4.51. The minimum absolute atomic E-state index is 0.140. The lowest BCUT2D eigenvalue weighted by Crippen LogP contribution is -2.36. The molecular formula is C25H28FN3O2. The number of benzene rings is 2. The summed E-state index contributed by atoms with van der Waals surface area (Å²) in [6.07, 6.45) is 8.12. The van der Waals surface area contributed by atoms with Crippen molar-refractivity contribution in [1.29, 1.82) is 0 Å². The largest absolute Gasteiger partial charge is 0.346 e. The number of hydrogen-bond acceptors (Lipinski definition) is 3. The molecule has 0 N–H and O–H groups in total. The van der Waals surface area contributed by atoms with Crippen LogP contribution < -0.4 is 0 Å². The first-order chi connectivity index (χ1) is 15.1. The van der Waals surface area contributed by atoms with Gasteiger partial charge in [-0.1, -0.05) is 43.5 Å². The molecule has 1 aliphatic rings. The molecule has 0 aliphatic heterocycles. The van der Waals surface area contributed by atoms with Crippen molar-refractivity contribution in [3.8, 4) is 0 Å². The Kier molecular flexibility index (Phi) is 6.77. The van der Waals surface area contributed by atoms with Crippen LogP contribution in [0.25, 0.3) is 0 Å². The summed E-state index contributed by atoms with van der Waals surface area (Å²) in [6.45, 7) is 2.16. The van der Waals surface area contributed by atoms with Crippen LogP contribution in [0.1, 0.15) is 48.9 Å². The van der Waals surface area contributed by atoms with Crippen molar-refractivity contribution in [2.75, 3.05) is 0 Å². The Bertz CT molecular complexity index is 1010. The van der Waals surface area contributed by atoms with Crippen molar-refractivity contribution >= 4 is 5.69 Å². The molecule has 1 heterocycles. The van der Waals surface area contributed by atoms with Crippen molar-refractivity contribution in [3.05, 3.63) is 99.6 Å². The van der Waals surface area contributed by atoms with E-state index in [2.05, 4.69) is 21.7 Å². The van der Waals surface area contributed by atoms with Crippen LogP contribution in [0.4, 0.5) is 10.1 Å². The highest BCUT2D eigenvalue weighted by molar-refractivity contribution is 5.34. The Balaban J connectivity index is 1.54. The third kappa shape index (κ3) is 5.58. The van der Waals surface area contributed by atoms with Crippen molar-refractivity contribution in [3.63, 3.8) is 0 Å². The van der Waals surface area contributed by atoms with Gasteiger partial charge in [-0.05, 0) is 48.2 Å². The molecule has 31 heavy (non-hydrogen) atoms. The van der Waals surface area contributed by atoms with Crippen LogP contribution in [0.3, 0.4) is 0 Å². The van der Waals surface area contributed by atoms with Gasteiger partial charge in [-0.25, -0.2) is 4.39 Å². The minimum atomic E-state index is -0.331. The summed E-state index contributed by atoms with van der Waals surface area (Å²) in [5.41, 5.74) is 3.36. The molecule has 1 aromatic heterocycles. The Hall–Kier alpha value is -2.99. The van der Waals surface area contributed by atoms with Crippen LogP contribution in [0.2, 0.25) is 0 Å². The number of nitrogens with zero attached hydrogens (tertiary/aromatic N) is 3. The molecule has 0 radical (unpaired) electrons.